The van der Waals surface area contributed by atoms with Crippen molar-refractivity contribution in [2.45, 2.75) is 37.0 Å². The molecule has 6 heteroatoms. The Hall–Kier alpha value is -1.07. The second-order valence-electron chi connectivity index (χ2n) is 5.27. The van der Waals surface area contributed by atoms with Crippen molar-refractivity contribution in [1.82, 2.24) is 0 Å². The molecule has 1 saturated carbocycles. The fourth-order valence-electron chi connectivity index (χ4n) is 2.69. The molecule has 1 aromatic carbocycles. The molecule has 0 unspecified atom stereocenters. The van der Waals surface area contributed by atoms with Crippen LogP contribution >= 0.6 is 23.4 Å². The summed E-state index contributed by atoms with van der Waals surface area (Å²) in [6, 6.07) is 3.59. The van der Waals surface area contributed by atoms with E-state index in [-0.39, 0.29) is 0 Å². The molecule has 1 aliphatic carbocycles. The second kappa shape index (κ2) is 7.27. The number of nitrogen functional groups attached to an aromatic ring is 1. The van der Waals surface area contributed by atoms with Crippen LogP contribution in [0.4, 0.5) is 11.4 Å². The maximum atomic E-state index is 11.9. The van der Waals surface area contributed by atoms with Crippen molar-refractivity contribution in [1.29, 1.82) is 0 Å². The highest BCUT2D eigenvalue weighted by atomic mass is 35.5. The molecule has 0 atom stereocenters. The monoisotopic (exact) mass is 328 g/mol. The van der Waals surface area contributed by atoms with Gasteiger partial charge in [0, 0.05) is 17.0 Å². The van der Waals surface area contributed by atoms with Gasteiger partial charge in [-0.2, -0.15) is 11.8 Å². The van der Waals surface area contributed by atoms with Gasteiger partial charge >= 0.3 is 5.97 Å². The molecule has 1 aromatic rings. The molecular weight excluding hydrogens is 308 g/mol. The molecule has 1 fully saturated rings. The third-order valence-corrected chi connectivity index (χ3v) is 5.31. The predicted molar refractivity (Wildman–Crippen MR) is 90.4 cm³/mol. The summed E-state index contributed by atoms with van der Waals surface area (Å²) in [5.41, 5.74) is 7.25. The van der Waals surface area contributed by atoms with Crippen molar-refractivity contribution in [3.8, 4) is 0 Å². The van der Waals surface area contributed by atoms with E-state index in [9.17, 15) is 4.79 Å². The number of carbonyl (C=O) groups is 1. The van der Waals surface area contributed by atoms with E-state index in [0.29, 0.717) is 28.0 Å². The number of halogens is 1. The van der Waals surface area contributed by atoms with E-state index in [4.69, 9.17) is 22.1 Å². The average Bonchev–Trinajstić information content (AvgIpc) is 2.49. The fraction of sp³-hybridized carbons (Fsp3) is 0.533. The van der Waals surface area contributed by atoms with E-state index in [1.165, 1.54) is 20.0 Å². The molecule has 116 valence electrons. The zero-order chi connectivity index (χ0) is 15.4. The van der Waals surface area contributed by atoms with Gasteiger partial charge in [-0.05, 0) is 44.1 Å². The molecule has 4 nitrogen and oxygen atoms in total. The molecule has 0 amide bonds. The molecule has 0 aromatic heterocycles. The minimum absolute atomic E-state index is 0.331. The van der Waals surface area contributed by atoms with Crippen molar-refractivity contribution >= 4 is 40.7 Å². The maximum absolute atomic E-state index is 11.9. The maximum Gasteiger partial charge on any atom is 0.340 e. The first-order valence-corrected chi connectivity index (χ1v) is 8.68. The third kappa shape index (κ3) is 3.98. The number of benzene rings is 1. The van der Waals surface area contributed by atoms with Crippen LogP contribution in [0.25, 0.3) is 0 Å². The standard InChI is InChI=1S/C15H21ClN2O2S/c1-20-15(19)12-7-9(17)8-13(16)14(12)18-10-3-5-11(21-2)6-4-10/h7-8,10-11,18H,3-6,17H2,1-2H3. The second-order valence-corrected chi connectivity index (χ2v) is 6.82. The molecule has 1 aliphatic rings. The minimum atomic E-state index is -0.426. The number of ether oxygens (including phenoxy) is 1. The quantitative estimate of drug-likeness (QED) is 0.650. The van der Waals surface area contributed by atoms with Gasteiger partial charge in [0.2, 0.25) is 0 Å². The zero-order valence-corrected chi connectivity index (χ0v) is 13.9. The number of hydrogen-bond donors (Lipinski definition) is 2. The van der Waals surface area contributed by atoms with Crippen LogP contribution in [0, 0.1) is 0 Å². The van der Waals surface area contributed by atoms with Crippen molar-refractivity contribution in [2.24, 2.45) is 0 Å². The summed E-state index contributed by atoms with van der Waals surface area (Å²) in [6.45, 7) is 0. The predicted octanol–water partition coefficient (Wildman–Crippen LogP) is 3.79. The van der Waals surface area contributed by atoms with E-state index >= 15 is 0 Å². The number of hydrogen-bond acceptors (Lipinski definition) is 5. The van der Waals surface area contributed by atoms with Gasteiger partial charge in [-0.3, -0.25) is 0 Å². The van der Waals surface area contributed by atoms with Crippen LogP contribution in [0.1, 0.15) is 36.0 Å². The van der Waals surface area contributed by atoms with Gasteiger partial charge in [0.15, 0.2) is 0 Å². The first kappa shape index (κ1) is 16.3. The Bertz CT molecular complexity index is 517. The van der Waals surface area contributed by atoms with Gasteiger partial charge in [0.05, 0.1) is 23.4 Å². The molecule has 0 aliphatic heterocycles. The lowest BCUT2D eigenvalue weighted by atomic mass is 9.94. The Morgan fingerprint density at radius 2 is 2.05 bits per heavy atom. The normalized spacial score (nSPS) is 21.9. The van der Waals surface area contributed by atoms with Gasteiger partial charge in [-0.1, -0.05) is 11.6 Å². The lowest BCUT2D eigenvalue weighted by Gasteiger charge is -2.29. The van der Waals surface area contributed by atoms with Crippen LogP contribution in [-0.4, -0.2) is 30.6 Å². The van der Waals surface area contributed by atoms with Crippen molar-refractivity contribution in [3.63, 3.8) is 0 Å². The molecule has 3 N–H and O–H groups in total. The lowest BCUT2D eigenvalue weighted by Crippen LogP contribution is -2.28. The van der Waals surface area contributed by atoms with Gasteiger partial charge in [0.25, 0.3) is 0 Å². The van der Waals surface area contributed by atoms with E-state index in [1.807, 2.05) is 11.8 Å². The Kier molecular flexibility index (Phi) is 5.65. The summed E-state index contributed by atoms with van der Waals surface area (Å²) in [5.74, 6) is -0.426. The largest absolute Gasteiger partial charge is 0.465 e. The average molecular weight is 329 g/mol. The molecule has 0 bridgehead atoms. The summed E-state index contributed by atoms with van der Waals surface area (Å²) in [4.78, 5) is 11.9. The molecule has 2 rings (SSSR count). The molecule has 0 spiro atoms. The van der Waals surface area contributed by atoms with Crippen LogP contribution in [-0.2, 0) is 4.74 Å². The van der Waals surface area contributed by atoms with Gasteiger partial charge in [-0.25, -0.2) is 4.79 Å². The topological polar surface area (TPSA) is 64.3 Å². The highest BCUT2D eigenvalue weighted by molar-refractivity contribution is 7.99. The number of nitrogens with one attached hydrogen (secondary N) is 1. The molecular formula is C15H21ClN2O2S. The molecule has 21 heavy (non-hydrogen) atoms. The minimum Gasteiger partial charge on any atom is -0.465 e. The van der Waals surface area contributed by atoms with Crippen LogP contribution in [0.15, 0.2) is 12.1 Å². The molecule has 0 radical (unpaired) electrons. The third-order valence-electron chi connectivity index (χ3n) is 3.87. The van der Waals surface area contributed by atoms with Crippen LogP contribution in [0.3, 0.4) is 0 Å². The van der Waals surface area contributed by atoms with E-state index < -0.39 is 5.97 Å². The van der Waals surface area contributed by atoms with E-state index in [1.54, 1.807) is 12.1 Å². The zero-order valence-electron chi connectivity index (χ0n) is 12.3. The van der Waals surface area contributed by atoms with Gasteiger partial charge < -0.3 is 15.8 Å². The summed E-state index contributed by atoms with van der Waals surface area (Å²) in [5, 5.41) is 4.61. The number of nitrogens with two attached hydrogens (primary N) is 1. The fourth-order valence-corrected chi connectivity index (χ4v) is 3.72. The highest BCUT2D eigenvalue weighted by Gasteiger charge is 2.23. The van der Waals surface area contributed by atoms with Crippen LogP contribution in [0.5, 0.6) is 0 Å². The van der Waals surface area contributed by atoms with Gasteiger partial charge in [0.1, 0.15) is 0 Å². The first-order valence-electron chi connectivity index (χ1n) is 7.01. The number of carbonyl (C=O) groups excluding carboxylic acids is 1. The number of esters is 1. The van der Waals surface area contributed by atoms with Gasteiger partial charge in [-0.15, -0.1) is 0 Å². The SMILES string of the molecule is COC(=O)c1cc(N)cc(Cl)c1NC1CCC(SC)CC1. The number of anilines is 2. The molecule has 0 saturated heterocycles. The summed E-state index contributed by atoms with van der Waals surface area (Å²) in [7, 11) is 1.35. The smallest absolute Gasteiger partial charge is 0.340 e. The molecule has 0 heterocycles. The van der Waals surface area contributed by atoms with Crippen molar-refractivity contribution < 1.29 is 9.53 Å². The van der Waals surface area contributed by atoms with E-state index in [0.717, 1.165) is 18.1 Å². The lowest BCUT2D eigenvalue weighted by molar-refractivity contribution is 0.0602. The van der Waals surface area contributed by atoms with Crippen molar-refractivity contribution in [2.75, 3.05) is 24.4 Å². The highest BCUT2D eigenvalue weighted by Crippen LogP contribution is 2.34. The Labute approximate surface area is 134 Å². The van der Waals surface area contributed by atoms with Crippen molar-refractivity contribution in [3.05, 3.63) is 22.7 Å². The van der Waals surface area contributed by atoms with E-state index in [2.05, 4.69) is 11.6 Å². The number of rotatable bonds is 4. The summed E-state index contributed by atoms with van der Waals surface area (Å²) >= 11 is 8.18. The Morgan fingerprint density at radius 3 is 2.62 bits per heavy atom. The number of thioether (sulfide) groups is 1. The Morgan fingerprint density at radius 1 is 1.38 bits per heavy atom. The summed E-state index contributed by atoms with van der Waals surface area (Å²) < 4.78 is 4.81. The first-order chi connectivity index (χ1) is 10.0. The summed E-state index contributed by atoms with van der Waals surface area (Å²) in [6.07, 6.45) is 6.67. The van der Waals surface area contributed by atoms with Crippen LogP contribution < -0.4 is 11.1 Å². The Balaban J connectivity index is 2.17. The van der Waals surface area contributed by atoms with Crippen LogP contribution in [0.2, 0.25) is 5.02 Å². The number of methoxy groups -OCH3 is 1.